The molecule has 2 N–H and O–H groups in total. The molecule has 1 unspecified atom stereocenters. The molecule has 0 saturated carbocycles. The van der Waals surface area contributed by atoms with Gasteiger partial charge in [-0.05, 0) is 57.9 Å². The van der Waals surface area contributed by atoms with Gasteiger partial charge in [-0.15, -0.1) is 0 Å². The molecule has 178 valence electrons. The van der Waals surface area contributed by atoms with Gasteiger partial charge in [0, 0.05) is 17.3 Å². The normalized spacial score (nSPS) is 13.0. The molecule has 0 fully saturated rings. The lowest BCUT2D eigenvalue weighted by Crippen LogP contribution is -2.45. The molecule has 0 aliphatic rings. The summed E-state index contributed by atoms with van der Waals surface area (Å²) in [6.45, 7) is 9.35. The number of nitrogens with zero attached hydrogens (tertiary/aromatic N) is 2. The van der Waals surface area contributed by atoms with Crippen molar-refractivity contribution in [3.8, 4) is 11.3 Å². The van der Waals surface area contributed by atoms with Crippen LogP contribution in [-0.4, -0.2) is 21.6 Å². The van der Waals surface area contributed by atoms with Crippen LogP contribution in [0.25, 0.3) is 11.3 Å². The minimum atomic E-state index is -0.641. The van der Waals surface area contributed by atoms with Crippen molar-refractivity contribution < 1.29 is 14.5 Å². The quantitative estimate of drug-likeness (QED) is 0.305. The number of carbonyl (C=O) groups is 1. The summed E-state index contributed by atoms with van der Waals surface area (Å²) in [5.74, 6) is 0.157. The van der Waals surface area contributed by atoms with E-state index in [-0.39, 0.29) is 11.5 Å². The number of rotatable bonds is 7. The van der Waals surface area contributed by atoms with Crippen LogP contribution in [0.1, 0.15) is 46.6 Å². The molecule has 0 radical (unpaired) electrons. The number of aromatic nitrogens is 1. The fraction of sp³-hybridized carbons (Fsp3) is 0.308. The van der Waals surface area contributed by atoms with Gasteiger partial charge in [-0.2, -0.15) is 0 Å². The van der Waals surface area contributed by atoms with Gasteiger partial charge in [0.15, 0.2) is 0 Å². The molecule has 8 heteroatoms. The Morgan fingerprint density at radius 3 is 2.21 bits per heavy atom. The molecule has 0 aliphatic heterocycles. The lowest BCUT2D eigenvalue weighted by Gasteiger charge is -2.31. The van der Waals surface area contributed by atoms with Crippen molar-refractivity contribution in [2.24, 2.45) is 0 Å². The van der Waals surface area contributed by atoms with E-state index in [4.69, 9.17) is 4.74 Å². The highest BCUT2D eigenvalue weighted by atomic mass is 16.6. The molecule has 2 aromatic carbocycles. The molecule has 1 atom stereocenters. The number of amides is 1. The summed E-state index contributed by atoms with van der Waals surface area (Å²) < 4.78 is 5.41. The molecule has 1 aromatic heterocycles. The Labute approximate surface area is 199 Å². The molecule has 34 heavy (non-hydrogen) atoms. The number of anilines is 2. The average molecular weight is 463 g/mol. The summed E-state index contributed by atoms with van der Waals surface area (Å²) in [4.78, 5) is 27.9. The Morgan fingerprint density at radius 2 is 1.65 bits per heavy atom. The maximum Gasteiger partial charge on any atom is 0.408 e. The summed E-state index contributed by atoms with van der Waals surface area (Å²) in [5.41, 5.74) is 1.66. The van der Waals surface area contributed by atoms with Crippen molar-refractivity contribution in [3.05, 3.63) is 82.4 Å². The SMILES string of the molecule is CCC(C)(NC(=O)OC(C)(C)C)c1ccc(Nc2nc(-c3ccccc3)ccc2[N+](=O)[O-])cc1. The number of hydrogen-bond acceptors (Lipinski definition) is 6. The first-order chi connectivity index (χ1) is 16.0. The number of carbonyl (C=O) groups excluding carboxylic acids is 1. The van der Waals surface area contributed by atoms with Crippen LogP contribution in [0.15, 0.2) is 66.7 Å². The van der Waals surface area contributed by atoms with Crippen LogP contribution in [0.4, 0.5) is 22.0 Å². The number of alkyl carbamates (subject to hydrolysis) is 1. The molecule has 1 heterocycles. The van der Waals surface area contributed by atoms with Crippen molar-refractivity contribution in [2.45, 2.75) is 52.2 Å². The van der Waals surface area contributed by atoms with Gasteiger partial charge in [0.25, 0.3) is 0 Å². The monoisotopic (exact) mass is 462 g/mol. The van der Waals surface area contributed by atoms with Crippen molar-refractivity contribution in [3.63, 3.8) is 0 Å². The topological polar surface area (TPSA) is 106 Å². The number of pyridine rings is 1. The summed E-state index contributed by atoms with van der Waals surface area (Å²) in [6.07, 6.45) is 0.155. The van der Waals surface area contributed by atoms with E-state index in [0.29, 0.717) is 17.8 Å². The third-order valence-electron chi connectivity index (χ3n) is 5.41. The minimum Gasteiger partial charge on any atom is -0.444 e. The van der Waals surface area contributed by atoms with Crippen LogP contribution >= 0.6 is 0 Å². The number of nitrogens with one attached hydrogen (secondary N) is 2. The fourth-order valence-corrected chi connectivity index (χ4v) is 3.41. The number of ether oxygens (including phenoxy) is 1. The zero-order chi connectivity index (χ0) is 24.9. The Kier molecular flexibility index (Phi) is 7.20. The molecule has 0 bridgehead atoms. The molecule has 8 nitrogen and oxygen atoms in total. The first-order valence-electron chi connectivity index (χ1n) is 11.1. The van der Waals surface area contributed by atoms with Gasteiger partial charge in [-0.1, -0.05) is 49.4 Å². The Balaban J connectivity index is 1.85. The second kappa shape index (κ2) is 9.91. The van der Waals surface area contributed by atoms with E-state index in [9.17, 15) is 14.9 Å². The average Bonchev–Trinajstić information content (AvgIpc) is 2.78. The predicted octanol–water partition coefficient (Wildman–Crippen LogP) is 6.55. The van der Waals surface area contributed by atoms with E-state index in [1.807, 2.05) is 77.1 Å². The Hall–Kier alpha value is -3.94. The third kappa shape index (κ3) is 6.10. The minimum absolute atomic E-state index is 0.117. The van der Waals surface area contributed by atoms with Crippen LogP contribution in [0.5, 0.6) is 0 Å². The zero-order valence-electron chi connectivity index (χ0n) is 20.1. The predicted molar refractivity (Wildman–Crippen MR) is 133 cm³/mol. The van der Waals surface area contributed by atoms with Crippen molar-refractivity contribution in [2.75, 3.05) is 5.32 Å². The first-order valence-corrected chi connectivity index (χ1v) is 11.1. The molecule has 3 aromatic rings. The Bertz CT molecular complexity index is 1160. The molecular formula is C26H30N4O4. The Morgan fingerprint density at radius 1 is 1.00 bits per heavy atom. The van der Waals surface area contributed by atoms with E-state index < -0.39 is 22.2 Å². The lowest BCUT2D eigenvalue weighted by molar-refractivity contribution is -0.384. The highest BCUT2D eigenvalue weighted by Gasteiger charge is 2.29. The highest BCUT2D eigenvalue weighted by Crippen LogP contribution is 2.31. The van der Waals surface area contributed by atoms with Gasteiger partial charge in [0.05, 0.1) is 16.2 Å². The molecule has 3 rings (SSSR count). The smallest absolute Gasteiger partial charge is 0.408 e. The molecule has 0 saturated heterocycles. The largest absolute Gasteiger partial charge is 0.444 e. The summed E-state index contributed by atoms with van der Waals surface area (Å²) in [7, 11) is 0. The summed E-state index contributed by atoms with van der Waals surface area (Å²) >= 11 is 0. The van der Waals surface area contributed by atoms with E-state index in [1.165, 1.54) is 6.07 Å². The van der Waals surface area contributed by atoms with Gasteiger partial charge in [-0.3, -0.25) is 10.1 Å². The molecular weight excluding hydrogens is 432 g/mol. The van der Waals surface area contributed by atoms with E-state index in [0.717, 1.165) is 11.1 Å². The van der Waals surface area contributed by atoms with Crippen molar-refractivity contribution >= 4 is 23.3 Å². The molecule has 0 aliphatic carbocycles. The summed E-state index contributed by atoms with van der Waals surface area (Å²) in [6, 6.07) is 19.9. The second-order valence-electron chi connectivity index (χ2n) is 9.20. The standard InChI is InChI=1S/C26H30N4O4/c1-6-26(5,29-24(31)34-25(2,3)4)19-12-14-20(15-13-19)27-23-22(30(32)33)17-16-21(28-23)18-10-8-7-9-11-18/h7-17H,6H2,1-5H3,(H,27,28)(H,29,31). The lowest BCUT2D eigenvalue weighted by atomic mass is 9.89. The maximum absolute atomic E-state index is 12.3. The fourth-order valence-electron chi connectivity index (χ4n) is 3.41. The maximum atomic E-state index is 12.3. The first kappa shape index (κ1) is 24.7. The highest BCUT2D eigenvalue weighted by molar-refractivity contribution is 5.71. The molecule has 0 spiro atoms. The van der Waals surface area contributed by atoms with Crippen LogP contribution in [-0.2, 0) is 10.3 Å². The second-order valence-corrected chi connectivity index (χ2v) is 9.20. The van der Waals surface area contributed by atoms with Crippen molar-refractivity contribution in [1.82, 2.24) is 10.3 Å². The van der Waals surface area contributed by atoms with E-state index >= 15 is 0 Å². The summed E-state index contributed by atoms with van der Waals surface area (Å²) in [5, 5.41) is 17.6. The van der Waals surface area contributed by atoms with Gasteiger partial charge in [0.1, 0.15) is 5.60 Å². The van der Waals surface area contributed by atoms with E-state index in [2.05, 4.69) is 15.6 Å². The van der Waals surface area contributed by atoms with Gasteiger partial charge >= 0.3 is 11.8 Å². The van der Waals surface area contributed by atoms with Crippen LogP contribution in [0.3, 0.4) is 0 Å². The van der Waals surface area contributed by atoms with Gasteiger partial charge in [0.2, 0.25) is 5.82 Å². The van der Waals surface area contributed by atoms with Crippen LogP contribution in [0.2, 0.25) is 0 Å². The van der Waals surface area contributed by atoms with Crippen molar-refractivity contribution in [1.29, 1.82) is 0 Å². The number of nitro groups is 1. The van der Waals surface area contributed by atoms with E-state index in [1.54, 1.807) is 18.2 Å². The third-order valence-corrected chi connectivity index (χ3v) is 5.41. The molecule has 1 amide bonds. The number of hydrogen-bond donors (Lipinski definition) is 2. The number of benzene rings is 2. The van der Waals surface area contributed by atoms with Crippen LogP contribution in [0, 0.1) is 10.1 Å². The van der Waals surface area contributed by atoms with Gasteiger partial charge < -0.3 is 15.4 Å². The van der Waals surface area contributed by atoms with Crippen LogP contribution < -0.4 is 10.6 Å². The van der Waals surface area contributed by atoms with Gasteiger partial charge in [-0.25, -0.2) is 9.78 Å². The zero-order valence-corrected chi connectivity index (χ0v) is 20.1.